The summed E-state index contributed by atoms with van der Waals surface area (Å²) in [5.74, 6) is -0.727. The molecular weight excluding hydrogens is 346 g/mol. The minimum atomic E-state index is -3.64. The Kier molecular flexibility index (Phi) is 4.64. The number of nitrogens with zero attached hydrogens (tertiary/aromatic N) is 1. The van der Waals surface area contributed by atoms with Crippen LogP contribution in [0.1, 0.15) is 5.56 Å². The van der Waals surface area contributed by atoms with E-state index < -0.39 is 15.8 Å². The largest absolute Gasteiger partial charge is 0.240 e. The highest BCUT2D eigenvalue weighted by atomic mass is 127. The molecule has 0 fully saturated rings. The van der Waals surface area contributed by atoms with Gasteiger partial charge in [-0.1, -0.05) is 22.6 Å². The number of nitriles is 1. The van der Waals surface area contributed by atoms with Gasteiger partial charge in [-0.2, -0.15) is 5.26 Å². The van der Waals surface area contributed by atoms with Gasteiger partial charge >= 0.3 is 0 Å². The maximum Gasteiger partial charge on any atom is 0.240 e. The van der Waals surface area contributed by atoms with E-state index in [1.807, 2.05) is 22.6 Å². The van der Waals surface area contributed by atoms with Gasteiger partial charge in [0, 0.05) is 11.0 Å². The Balaban J connectivity index is 3.11. The topological polar surface area (TPSA) is 70.0 Å². The quantitative estimate of drug-likeness (QED) is 0.657. The van der Waals surface area contributed by atoms with Gasteiger partial charge < -0.3 is 0 Å². The lowest BCUT2D eigenvalue weighted by Crippen LogP contribution is -2.25. The Hall–Kier alpha value is -0.720. The molecule has 0 radical (unpaired) electrons. The van der Waals surface area contributed by atoms with Gasteiger partial charge in [0.2, 0.25) is 10.0 Å². The number of nitrogens with one attached hydrogen (secondary N) is 1. The molecular formula is C9H8FIN2O2S. The Bertz CT molecular complexity index is 525. The van der Waals surface area contributed by atoms with Crippen LogP contribution in [0.3, 0.4) is 0 Å². The second-order valence-corrected chi connectivity index (χ2v) is 5.69. The molecule has 0 spiro atoms. The van der Waals surface area contributed by atoms with Crippen LogP contribution in [0.2, 0.25) is 0 Å². The van der Waals surface area contributed by atoms with Gasteiger partial charge in [-0.05, 0) is 18.2 Å². The molecule has 0 atom stereocenters. The summed E-state index contributed by atoms with van der Waals surface area (Å²) in [7, 11) is -3.64. The number of rotatable bonds is 4. The van der Waals surface area contributed by atoms with Crippen LogP contribution in [-0.4, -0.2) is 19.4 Å². The molecule has 86 valence electrons. The fraction of sp³-hybridized carbons (Fsp3) is 0.222. The predicted octanol–water partition coefficient (Wildman–Crippen LogP) is 1.41. The van der Waals surface area contributed by atoms with Crippen LogP contribution in [0.15, 0.2) is 23.1 Å². The molecule has 1 aromatic carbocycles. The lowest BCUT2D eigenvalue weighted by molar-refractivity contribution is 0.583. The molecule has 1 aromatic rings. The molecule has 0 aliphatic rings. The van der Waals surface area contributed by atoms with Gasteiger partial charge in [0.05, 0.1) is 10.5 Å². The van der Waals surface area contributed by atoms with Crippen LogP contribution < -0.4 is 4.72 Å². The summed E-state index contributed by atoms with van der Waals surface area (Å²) >= 11 is 2.03. The number of hydrogen-bond acceptors (Lipinski definition) is 3. The van der Waals surface area contributed by atoms with Crippen molar-refractivity contribution >= 4 is 32.6 Å². The molecule has 1 rings (SSSR count). The summed E-state index contributed by atoms with van der Waals surface area (Å²) in [5, 5.41) is 8.58. The standard InChI is InChI=1S/C9H8FIN2O2S/c10-9-2-1-8(5-7(9)6-12)16(14,15)13-4-3-11/h1-2,5,13H,3-4H2. The molecule has 0 aliphatic heterocycles. The molecule has 0 saturated carbocycles. The van der Waals surface area contributed by atoms with Crippen molar-refractivity contribution in [2.45, 2.75) is 4.90 Å². The lowest BCUT2D eigenvalue weighted by atomic mass is 10.2. The molecule has 0 saturated heterocycles. The van der Waals surface area contributed by atoms with Crippen molar-refractivity contribution in [3.05, 3.63) is 29.6 Å². The van der Waals surface area contributed by atoms with Crippen LogP contribution >= 0.6 is 22.6 Å². The predicted molar refractivity (Wildman–Crippen MR) is 65.2 cm³/mol. The second-order valence-electron chi connectivity index (χ2n) is 2.84. The molecule has 0 aliphatic carbocycles. The molecule has 0 unspecified atom stereocenters. The highest BCUT2D eigenvalue weighted by Gasteiger charge is 2.15. The first-order valence-electron chi connectivity index (χ1n) is 4.26. The summed E-state index contributed by atoms with van der Waals surface area (Å²) in [4.78, 5) is -0.102. The molecule has 4 nitrogen and oxygen atoms in total. The van der Waals surface area contributed by atoms with Crippen LogP contribution in [-0.2, 0) is 10.0 Å². The van der Waals surface area contributed by atoms with Gasteiger partial charge in [0.15, 0.2) is 0 Å². The molecule has 16 heavy (non-hydrogen) atoms. The van der Waals surface area contributed by atoms with Crippen molar-refractivity contribution in [2.24, 2.45) is 0 Å². The van der Waals surface area contributed by atoms with E-state index in [9.17, 15) is 12.8 Å². The first kappa shape index (κ1) is 13.3. The van der Waals surface area contributed by atoms with Crippen LogP contribution in [0.5, 0.6) is 0 Å². The average molecular weight is 354 g/mol. The third kappa shape index (κ3) is 3.13. The number of alkyl halides is 1. The number of hydrogen-bond donors (Lipinski definition) is 1. The monoisotopic (exact) mass is 354 g/mol. The van der Waals surface area contributed by atoms with Gasteiger partial charge in [-0.15, -0.1) is 0 Å². The summed E-state index contributed by atoms with van der Waals surface area (Å²) in [6, 6.07) is 4.71. The van der Waals surface area contributed by atoms with Crippen LogP contribution in [0.25, 0.3) is 0 Å². The fourth-order valence-corrected chi connectivity index (χ4v) is 2.71. The first-order chi connectivity index (χ1) is 7.51. The second kappa shape index (κ2) is 5.56. The number of halogens is 2. The fourth-order valence-electron chi connectivity index (χ4n) is 1.01. The van der Waals surface area contributed by atoms with E-state index in [4.69, 9.17) is 5.26 Å². The van der Waals surface area contributed by atoms with E-state index in [1.165, 1.54) is 0 Å². The van der Waals surface area contributed by atoms with Gasteiger partial charge in [-0.25, -0.2) is 17.5 Å². The van der Waals surface area contributed by atoms with Crippen molar-refractivity contribution in [3.8, 4) is 6.07 Å². The molecule has 0 bridgehead atoms. The van der Waals surface area contributed by atoms with Gasteiger partial charge in [0.25, 0.3) is 0 Å². The average Bonchev–Trinajstić information content (AvgIpc) is 2.27. The minimum absolute atomic E-state index is 0.102. The SMILES string of the molecule is N#Cc1cc(S(=O)(=O)NCCI)ccc1F. The van der Waals surface area contributed by atoms with E-state index in [0.717, 1.165) is 18.2 Å². The zero-order valence-corrected chi connectivity index (χ0v) is 11.0. The first-order valence-corrected chi connectivity index (χ1v) is 7.27. The molecule has 1 N–H and O–H groups in total. The van der Waals surface area contributed by atoms with Crippen LogP contribution in [0.4, 0.5) is 4.39 Å². The lowest BCUT2D eigenvalue weighted by Gasteiger charge is -2.05. The normalized spacial score (nSPS) is 11.1. The highest BCUT2D eigenvalue weighted by Crippen LogP contribution is 2.14. The van der Waals surface area contributed by atoms with Gasteiger partial charge in [0.1, 0.15) is 11.9 Å². The summed E-state index contributed by atoms with van der Waals surface area (Å²) < 4.78 is 39.2. The Morgan fingerprint density at radius 2 is 2.19 bits per heavy atom. The molecule has 0 heterocycles. The van der Waals surface area contributed by atoms with E-state index in [-0.39, 0.29) is 10.5 Å². The minimum Gasteiger partial charge on any atom is -0.210 e. The van der Waals surface area contributed by atoms with Crippen molar-refractivity contribution in [2.75, 3.05) is 11.0 Å². The zero-order valence-electron chi connectivity index (χ0n) is 8.07. The van der Waals surface area contributed by atoms with Crippen molar-refractivity contribution in [1.82, 2.24) is 4.72 Å². The summed E-state index contributed by atoms with van der Waals surface area (Å²) in [5.41, 5.74) is -0.280. The third-order valence-corrected chi connectivity index (χ3v) is 3.75. The molecule has 7 heteroatoms. The Morgan fingerprint density at radius 3 is 2.75 bits per heavy atom. The summed E-state index contributed by atoms with van der Waals surface area (Å²) in [6.45, 7) is 0.294. The zero-order chi connectivity index (χ0) is 12.2. The van der Waals surface area contributed by atoms with E-state index in [2.05, 4.69) is 4.72 Å². The van der Waals surface area contributed by atoms with Crippen LogP contribution in [0, 0.1) is 17.1 Å². The van der Waals surface area contributed by atoms with E-state index >= 15 is 0 Å². The maximum absolute atomic E-state index is 13.0. The molecule has 0 aromatic heterocycles. The van der Waals surface area contributed by atoms with Crippen molar-refractivity contribution in [3.63, 3.8) is 0 Å². The Morgan fingerprint density at radius 1 is 1.50 bits per heavy atom. The Labute approximate surface area is 107 Å². The number of benzene rings is 1. The maximum atomic E-state index is 13.0. The summed E-state index contributed by atoms with van der Waals surface area (Å²) in [6.07, 6.45) is 0. The van der Waals surface area contributed by atoms with E-state index in [1.54, 1.807) is 6.07 Å². The van der Waals surface area contributed by atoms with E-state index in [0.29, 0.717) is 11.0 Å². The smallest absolute Gasteiger partial charge is 0.210 e. The number of sulfonamides is 1. The van der Waals surface area contributed by atoms with Gasteiger partial charge in [-0.3, -0.25) is 0 Å². The highest BCUT2D eigenvalue weighted by molar-refractivity contribution is 14.1. The third-order valence-electron chi connectivity index (χ3n) is 1.76. The van der Waals surface area contributed by atoms with Crippen molar-refractivity contribution in [1.29, 1.82) is 5.26 Å². The van der Waals surface area contributed by atoms with Crippen molar-refractivity contribution < 1.29 is 12.8 Å². The molecule has 0 amide bonds.